The van der Waals surface area contributed by atoms with Gasteiger partial charge in [-0.15, -0.1) is 15.1 Å². The van der Waals surface area contributed by atoms with Crippen LogP contribution in [0.1, 0.15) is 0 Å². The van der Waals surface area contributed by atoms with E-state index in [1.807, 2.05) is 0 Å². The number of amides is 1. The van der Waals surface area contributed by atoms with Gasteiger partial charge < -0.3 is 4.98 Å². The highest BCUT2D eigenvalue weighted by Crippen LogP contribution is 2.17. The zero-order valence-corrected chi connectivity index (χ0v) is 9.65. The number of pyridine rings is 1. The Bertz CT molecular complexity index is 571. The monoisotopic (exact) mass is 267 g/mol. The summed E-state index contributed by atoms with van der Waals surface area (Å²) in [6, 6.07) is 2.69. The van der Waals surface area contributed by atoms with Crippen LogP contribution in [-0.2, 0) is 4.79 Å². The van der Waals surface area contributed by atoms with Gasteiger partial charge in [0.15, 0.2) is 11.0 Å². The zero-order valence-electron chi connectivity index (χ0n) is 8.83. The van der Waals surface area contributed by atoms with Crippen molar-refractivity contribution in [1.82, 2.24) is 20.2 Å². The predicted octanol–water partition coefficient (Wildman–Crippen LogP) is 1.39. The van der Waals surface area contributed by atoms with E-state index in [1.54, 1.807) is 0 Å². The van der Waals surface area contributed by atoms with E-state index in [-0.39, 0.29) is 5.75 Å². The van der Waals surface area contributed by atoms with Gasteiger partial charge in [-0.1, -0.05) is 11.8 Å². The largest absolute Gasteiger partial charge is 0.315 e. The van der Waals surface area contributed by atoms with Crippen molar-refractivity contribution in [3.63, 3.8) is 0 Å². The van der Waals surface area contributed by atoms with Crippen molar-refractivity contribution in [3.8, 4) is 11.5 Å². The molecule has 7 nitrogen and oxygen atoms in total. The number of halogens is 1. The first kappa shape index (κ1) is 12.3. The van der Waals surface area contributed by atoms with Gasteiger partial charge >= 0.3 is 0 Å². The fraction of sp³-hybridized carbons (Fsp3) is 0.111. The minimum atomic E-state index is -0.780. The van der Waals surface area contributed by atoms with Crippen LogP contribution in [-0.4, -0.2) is 31.8 Å². The lowest BCUT2D eigenvalue weighted by Gasteiger charge is -1.93. The van der Waals surface area contributed by atoms with Gasteiger partial charge in [0.2, 0.25) is 0 Å². The van der Waals surface area contributed by atoms with Crippen LogP contribution in [0.5, 0.6) is 0 Å². The summed E-state index contributed by atoms with van der Waals surface area (Å²) < 4.78 is 12.7. The van der Waals surface area contributed by atoms with Gasteiger partial charge in [0.25, 0.3) is 5.91 Å². The van der Waals surface area contributed by atoms with E-state index in [2.05, 4.69) is 25.3 Å². The van der Waals surface area contributed by atoms with Gasteiger partial charge in [0, 0.05) is 5.18 Å². The SMILES string of the molecule is O=NC(=O)CSc1nnc(-c2ccc(F)cn2)[nH]1. The molecule has 0 radical (unpaired) electrons. The molecule has 92 valence electrons. The lowest BCUT2D eigenvalue weighted by Crippen LogP contribution is -1.95. The number of aromatic amines is 1. The highest BCUT2D eigenvalue weighted by atomic mass is 32.2. The summed E-state index contributed by atoms with van der Waals surface area (Å²) in [5.74, 6) is -0.994. The maximum atomic E-state index is 12.7. The molecule has 1 amide bonds. The number of carbonyl (C=O) groups excluding carboxylic acids is 1. The molecule has 0 unspecified atom stereocenters. The Morgan fingerprint density at radius 2 is 2.28 bits per heavy atom. The normalized spacial score (nSPS) is 10.3. The number of nitroso groups, excluding NO2 is 1. The first-order valence-electron chi connectivity index (χ1n) is 4.72. The van der Waals surface area contributed by atoms with Gasteiger partial charge in [-0.25, -0.2) is 9.37 Å². The number of carbonyl (C=O) groups is 1. The first-order valence-corrected chi connectivity index (χ1v) is 5.71. The second-order valence-electron chi connectivity index (χ2n) is 3.11. The number of thioether (sulfide) groups is 1. The quantitative estimate of drug-likeness (QED) is 0.663. The molecule has 0 fully saturated rings. The fourth-order valence-electron chi connectivity index (χ4n) is 1.10. The van der Waals surface area contributed by atoms with Crippen molar-refractivity contribution < 1.29 is 9.18 Å². The minimum absolute atomic E-state index is 0.116. The van der Waals surface area contributed by atoms with E-state index >= 15 is 0 Å². The Labute approximate surface area is 104 Å². The maximum absolute atomic E-state index is 12.7. The van der Waals surface area contributed by atoms with Gasteiger partial charge in [-0.05, 0) is 12.1 Å². The van der Waals surface area contributed by atoms with Crippen molar-refractivity contribution in [2.45, 2.75) is 5.16 Å². The number of nitrogens with one attached hydrogen (secondary N) is 1. The molecule has 0 aliphatic rings. The molecular formula is C9H6FN5O2S. The molecule has 0 aliphatic carbocycles. The van der Waals surface area contributed by atoms with E-state index in [0.29, 0.717) is 16.7 Å². The van der Waals surface area contributed by atoms with Crippen molar-refractivity contribution in [2.24, 2.45) is 5.18 Å². The molecule has 0 saturated carbocycles. The highest BCUT2D eigenvalue weighted by molar-refractivity contribution is 7.99. The van der Waals surface area contributed by atoms with E-state index in [0.717, 1.165) is 18.0 Å². The Morgan fingerprint density at radius 1 is 1.44 bits per heavy atom. The van der Waals surface area contributed by atoms with E-state index < -0.39 is 11.7 Å². The summed E-state index contributed by atoms with van der Waals surface area (Å²) in [6.07, 6.45) is 1.06. The van der Waals surface area contributed by atoms with Crippen LogP contribution in [0.4, 0.5) is 4.39 Å². The summed E-state index contributed by atoms with van der Waals surface area (Å²) in [6.45, 7) is 0. The predicted molar refractivity (Wildman–Crippen MR) is 61.1 cm³/mol. The van der Waals surface area contributed by atoms with Crippen LogP contribution in [0.25, 0.3) is 11.5 Å². The number of H-pyrrole nitrogens is 1. The molecule has 1 N–H and O–H groups in total. The first-order chi connectivity index (χ1) is 8.69. The average Bonchev–Trinajstić information content (AvgIpc) is 2.85. The number of hydrogen-bond donors (Lipinski definition) is 1. The van der Waals surface area contributed by atoms with Crippen molar-refractivity contribution in [3.05, 3.63) is 29.1 Å². The molecule has 0 bridgehead atoms. The zero-order chi connectivity index (χ0) is 13.0. The standard InChI is InChI=1S/C9H6FN5O2S/c10-5-1-2-6(11-3-5)8-12-9(14-13-8)18-4-7(16)15-17/h1-3H,4H2,(H,12,13,14). The molecule has 2 aromatic heterocycles. The molecule has 0 aromatic carbocycles. The van der Waals surface area contributed by atoms with Gasteiger partial charge in [-0.3, -0.25) is 4.79 Å². The Balaban J connectivity index is 2.08. The number of aromatic nitrogens is 4. The lowest BCUT2D eigenvalue weighted by atomic mass is 10.3. The van der Waals surface area contributed by atoms with Gasteiger partial charge in [-0.2, -0.15) is 0 Å². The molecule has 0 saturated heterocycles. The van der Waals surface area contributed by atoms with Crippen LogP contribution in [0, 0.1) is 10.7 Å². The third-order valence-electron chi connectivity index (χ3n) is 1.87. The number of nitrogens with zero attached hydrogens (tertiary/aromatic N) is 4. The van der Waals surface area contributed by atoms with Crippen LogP contribution in [0.3, 0.4) is 0 Å². The minimum Gasteiger partial charge on any atom is -0.315 e. The molecule has 0 aliphatic heterocycles. The second kappa shape index (κ2) is 5.45. The van der Waals surface area contributed by atoms with E-state index in [9.17, 15) is 14.1 Å². The topological polar surface area (TPSA) is 101 Å². The molecule has 0 atom stereocenters. The summed E-state index contributed by atoms with van der Waals surface area (Å²) in [7, 11) is 0. The Hall–Kier alpha value is -2.16. The molecule has 9 heteroatoms. The van der Waals surface area contributed by atoms with Crippen LogP contribution < -0.4 is 0 Å². The van der Waals surface area contributed by atoms with E-state index in [1.165, 1.54) is 12.1 Å². The average molecular weight is 267 g/mol. The van der Waals surface area contributed by atoms with Crippen LogP contribution in [0.2, 0.25) is 0 Å². The molecule has 2 aromatic rings. The summed E-state index contributed by atoms with van der Waals surface area (Å²) in [4.78, 5) is 27.2. The van der Waals surface area contributed by atoms with Crippen LogP contribution >= 0.6 is 11.8 Å². The second-order valence-corrected chi connectivity index (χ2v) is 4.08. The smallest absolute Gasteiger partial charge is 0.296 e. The molecular weight excluding hydrogens is 261 g/mol. The van der Waals surface area contributed by atoms with Crippen molar-refractivity contribution in [2.75, 3.05) is 5.75 Å². The Kier molecular flexibility index (Phi) is 3.72. The summed E-state index contributed by atoms with van der Waals surface area (Å²) in [5.41, 5.74) is 0.426. The van der Waals surface area contributed by atoms with Crippen molar-refractivity contribution >= 4 is 17.7 Å². The maximum Gasteiger partial charge on any atom is 0.296 e. The number of rotatable bonds is 4. The Morgan fingerprint density at radius 3 is 2.94 bits per heavy atom. The lowest BCUT2D eigenvalue weighted by molar-refractivity contribution is -0.115. The van der Waals surface area contributed by atoms with Crippen molar-refractivity contribution in [1.29, 1.82) is 0 Å². The van der Waals surface area contributed by atoms with Crippen LogP contribution in [0.15, 0.2) is 28.7 Å². The third-order valence-corrected chi connectivity index (χ3v) is 2.72. The third kappa shape index (κ3) is 2.94. The van der Waals surface area contributed by atoms with Gasteiger partial charge in [0.1, 0.15) is 11.5 Å². The summed E-state index contributed by atoms with van der Waals surface area (Å²) in [5, 5.41) is 10.1. The molecule has 0 spiro atoms. The number of hydrogen-bond acceptors (Lipinski definition) is 6. The fourth-order valence-corrected chi connectivity index (χ4v) is 1.68. The summed E-state index contributed by atoms with van der Waals surface area (Å²) >= 11 is 0.997. The highest BCUT2D eigenvalue weighted by Gasteiger charge is 2.09. The molecule has 18 heavy (non-hydrogen) atoms. The van der Waals surface area contributed by atoms with E-state index in [4.69, 9.17) is 0 Å². The molecule has 2 heterocycles. The van der Waals surface area contributed by atoms with Gasteiger partial charge in [0.05, 0.1) is 11.9 Å². The molecule has 2 rings (SSSR count).